The Hall–Kier alpha value is -2.73. The molecule has 0 radical (unpaired) electrons. The van der Waals surface area contributed by atoms with Gasteiger partial charge in [-0.2, -0.15) is 0 Å². The summed E-state index contributed by atoms with van der Waals surface area (Å²) < 4.78 is 16.5. The predicted molar refractivity (Wildman–Crippen MR) is 114 cm³/mol. The summed E-state index contributed by atoms with van der Waals surface area (Å²) in [6.07, 6.45) is 2.12. The Labute approximate surface area is 172 Å². The normalized spacial score (nSPS) is 16.4. The summed E-state index contributed by atoms with van der Waals surface area (Å²) in [7, 11) is 1.66. The molecule has 6 nitrogen and oxygen atoms in total. The van der Waals surface area contributed by atoms with Crippen molar-refractivity contribution in [1.29, 1.82) is 0 Å². The van der Waals surface area contributed by atoms with E-state index in [-0.39, 0.29) is 11.9 Å². The van der Waals surface area contributed by atoms with Gasteiger partial charge in [-0.1, -0.05) is 12.1 Å². The number of hydrogen-bond donors (Lipinski definition) is 1. The van der Waals surface area contributed by atoms with Gasteiger partial charge in [0.1, 0.15) is 17.2 Å². The van der Waals surface area contributed by atoms with Crippen molar-refractivity contribution in [2.45, 2.75) is 32.7 Å². The highest BCUT2D eigenvalue weighted by Gasteiger charge is 2.27. The molecular weight excluding hydrogens is 368 g/mol. The molecule has 1 unspecified atom stereocenters. The molecule has 29 heavy (non-hydrogen) atoms. The number of benzene rings is 2. The number of hydrogen-bond acceptors (Lipinski definition) is 5. The van der Waals surface area contributed by atoms with Gasteiger partial charge in [0, 0.05) is 12.1 Å². The van der Waals surface area contributed by atoms with E-state index in [1.54, 1.807) is 7.11 Å². The number of nitrogens with one attached hydrogen (secondary N) is 1. The van der Waals surface area contributed by atoms with Crippen LogP contribution in [-0.4, -0.2) is 44.2 Å². The molecule has 1 amide bonds. The number of ether oxygens (including phenoxy) is 3. The minimum absolute atomic E-state index is 0.0555. The molecule has 0 bridgehead atoms. The number of methoxy groups -OCH3 is 1. The second-order valence-corrected chi connectivity index (χ2v) is 6.97. The van der Waals surface area contributed by atoms with E-state index in [0.717, 1.165) is 25.1 Å². The zero-order chi connectivity index (χ0) is 20.6. The van der Waals surface area contributed by atoms with E-state index in [0.29, 0.717) is 36.9 Å². The van der Waals surface area contributed by atoms with E-state index in [9.17, 15) is 4.79 Å². The van der Waals surface area contributed by atoms with Crippen molar-refractivity contribution in [2.24, 2.45) is 0 Å². The molecule has 1 N–H and O–H groups in total. The minimum atomic E-state index is -0.0555. The third-order valence-electron chi connectivity index (χ3n) is 5.05. The Bertz CT molecular complexity index is 807. The third-order valence-corrected chi connectivity index (χ3v) is 5.05. The van der Waals surface area contributed by atoms with E-state index in [4.69, 9.17) is 14.2 Å². The second-order valence-electron chi connectivity index (χ2n) is 6.97. The standard InChI is InChI=1S/C23H30N2O4/c1-4-28-19-12-13-22(29-5-2)20(15-19)24-23(26)16-25-14-6-7-21(25)17-8-10-18(27-3)11-9-17/h8-13,15,21H,4-7,14,16H2,1-3H3,(H,24,26). The quantitative estimate of drug-likeness (QED) is 0.684. The Balaban J connectivity index is 1.68. The molecule has 2 aromatic rings. The maximum atomic E-state index is 12.8. The van der Waals surface area contributed by atoms with E-state index in [2.05, 4.69) is 22.3 Å². The summed E-state index contributed by atoms with van der Waals surface area (Å²) in [4.78, 5) is 15.0. The van der Waals surface area contributed by atoms with Gasteiger partial charge in [-0.15, -0.1) is 0 Å². The molecule has 3 rings (SSSR count). The molecule has 0 spiro atoms. The summed E-state index contributed by atoms with van der Waals surface area (Å²) in [5, 5.41) is 3.01. The van der Waals surface area contributed by atoms with Gasteiger partial charge in [-0.3, -0.25) is 9.69 Å². The van der Waals surface area contributed by atoms with E-state index in [1.807, 2.05) is 44.2 Å². The minimum Gasteiger partial charge on any atom is -0.497 e. The van der Waals surface area contributed by atoms with E-state index in [1.165, 1.54) is 5.56 Å². The van der Waals surface area contributed by atoms with Crippen molar-refractivity contribution in [3.8, 4) is 17.2 Å². The van der Waals surface area contributed by atoms with Crippen LogP contribution in [-0.2, 0) is 4.79 Å². The van der Waals surface area contributed by atoms with Crippen LogP contribution in [0.2, 0.25) is 0 Å². The lowest BCUT2D eigenvalue weighted by atomic mass is 10.0. The molecule has 0 aromatic heterocycles. The maximum Gasteiger partial charge on any atom is 0.238 e. The predicted octanol–water partition coefficient (Wildman–Crippen LogP) is 4.27. The molecule has 1 fully saturated rings. The van der Waals surface area contributed by atoms with Crippen LogP contribution in [0.1, 0.15) is 38.3 Å². The van der Waals surface area contributed by atoms with Crippen LogP contribution < -0.4 is 19.5 Å². The number of anilines is 1. The zero-order valence-electron chi connectivity index (χ0n) is 17.4. The fourth-order valence-electron chi connectivity index (χ4n) is 3.74. The van der Waals surface area contributed by atoms with E-state index >= 15 is 0 Å². The topological polar surface area (TPSA) is 60.0 Å². The zero-order valence-corrected chi connectivity index (χ0v) is 17.4. The first kappa shape index (κ1) is 21.0. The Morgan fingerprint density at radius 3 is 2.48 bits per heavy atom. The average molecular weight is 399 g/mol. The summed E-state index contributed by atoms with van der Waals surface area (Å²) in [6, 6.07) is 13.9. The number of carbonyl (C=O) groups is 1. The molecule has 0 aliphatic carbocycles. The molecule has 2 aromatic carbocycles. The van der Waals surface area contributed by atoms with Crippen LogP contribution in [0, 0.1) is 0 Å². The van der Waals surface area contributed by atoms with Crippen LogP contribution in [0.5, 0.6) is 17.2 Å². The molecule has 156 valence electrons. The third kappa shape index (κ3) is 5.41. The fraction of sp³-hybridized carbons (Fsp3) is 0.435. The van der Waals surface area contributed by atoms with Gasteiger partial charge < -0.3 is 19.5 Å². The highest BCUT2D eigenvalue weighted by molar-refractivity contribution is 5.94. The van der Waals surface area contributed by atoms with Gasteiger partial charge in [-0.25, -0.2) is 0 Å². The van der Waals surface area contributed by atoms with Gasteiger partial charge in [-0.05, 0) is 63.1 Å². The molecule has 1 heterocycles. The molecule has 1 saturated heterocycles. The lowest BCUT2D eigenvalue weighted by Crippen LogP contribution is -2.33. The van der Waals surface area contributed by atoms with Gasteiger partial charge in [0.25, 0.3) is 0 Å². The first-order valence-electron chi connectivity index (χ1n) is 10.2. The molecule has 1 atom stereocenters. The Morgan fingerprint density at radius 2 is 1.79 bits per heavy atom. The van der Waals surface area contributed by atoms with Gasteiger partial charge in [0.2, 0.25) is 5.91 Å². The molecular formula is C23H30N2O4. The monoisotopic (exact) mass is 398 g/mol. The first-order valence-corrected chi connectivity index (χ1v) is 10.2. The highest BCUT2D eigenvalue weighted by atomic mass is 16.5. The van der Waals surface area contributed by atoms with Crippen LogP contribution in [0.15, 0.2) is 42.5 Å². The van der Waals surface area contributed by atoms with Gasteiger partial charge in [0.05, 0.1) is 32.6 Å². The lowest BCUT2D eigenvalue weighted by Gasteiger charge is -2.24. The van der Waals surface area contributed by atoms with Gasteiger partial charge >= 0.3 is 0 Å². The first-order chi connectivity index (χ1) is 14.1. The van der Waals surface area contributed by atoms with Crippen LogP contribution in [0.25, 0.3) is 0 Å². The average Bonchev–Trinajstić information content (AvgIpc) is 3.18. The summed E-state index contributed by atoms with van der Waals surface area (Å²) in [5.41, 5.74) is 1.85. The molecule has 1 aliphatic rings. The Kier molecular flexibility index (Phi) is 7.36. The number of nitrogens with zero attached hydrogens (tertiary/aromatic N) is 1. The highest BCUT2D eigenvalue weighted by Crippen LogP contribution is 2.33. The smallest absolute Gasteiger partial charge is 0.238 e. The van der Waals surface area contributed by atoms with E-state index < -0.39 is 0 Å². The van der Waals surface area contributed by atoms with Crippen molar-refractivity contribution in [3.05, 3.63) is 48.0 Å². The molecule has 0 saturated carbocycles. The number of amides is 1. The van der Waals surface area contributed by atoms with Crippen LogP contribution in [0.3, 0.4) is 0 Å². The number of likely N-dealkylation sites (tertiary alicyclic amines) is 1. The Morgan fingerprint density at radius 1 is 1.07 bits per heavy atom. The van der Waals surface area contributed by atoms with Crippen molar-refractivity contribution >= 4 is 11.6 Å². The number of rotatable bonds is 9. The maximum absolute atomic E-state index is 12.8. The van der Waals surface area contributed by atoms with Crippen LogP contribution >= 0.6 is 0 Å². The number of carbonyl (C=O) groups excluding carboxylic acids is 1. The van der Waals surface area contributed by atoms with Crippen molar-refractivity contribution in [2.75, 3.05) is 38.7 Å². The largest absolute Gasteiger partial charge is 0.497 e. The second kappa shape index (κ2) is 10.2. The summed E-state index contributed by atoms with van der Waals surface area (Å²) in [6.45, 7) is 6.19. The van der Waals surface area contributed by atoms with Crippen molar-refractivity contribution in [1.82, 2.24) is 4.90 Å². The summed E-state index contributed by atoms with van der Waals surface area (Å²) >= 11 is 0. The van der Waals surface area contributed by atoms with Crippen molar-refractivity contribution < 1.29 is 19.0 Å². The lowest BCUT2D eigenvalue weighted by molar-refractivity contribution is -0.117. The fourth-order valence-corrected chi connectivity index (χ4v) is 3.74. The van der Waals surface area contributed by atoms with Gasteiger partial charge in [0.15, 0.2) is 0 Å². The molecule has 6 heteroatoms. The SMILES string of the molecule is CCOc1ccc(OCC)c(NC(=O)CN2CCCC2c2ccc(OC)cc2)c1. The molecule has 1 aliphatic heterocycles. The summed E-state index contributed by atoms with van der Waals surface area (Å²) in [5.74, 6) is 2.15. The van der Waals surface area contributed by atoms with Crippen LogP contribution in [0.4, 0.5) is 5.69 Å². The van der Waals surface area contributed by atoms with Crippen molar-refractivity contribution in [3.63, 3.8) is 0 Å².